The molecule has 3 amide bonds. The predicted molar refractivity (Wildman–Crippen MR) is 210 cm³/mol. The molecule has 4 aromatic rings. The van der Waals surface area contributed by atoms with Crippen molar-refractivity contribution in [2.24, 2.45) is 0 Å². The van der Waals surface area contributed by atoms with Gasteiger partial charge < -0.3 is 33.9 Å². The summed E-state index contributed by atoms with van der Waals surface area (Å²) < 4.78 is 19.4. The summed E-state index contributed by atoms with van der Waals surface area (Å²) in [7, 11) is 3.30. The van der Waals surface area contributed by atoms with Gasteiger partial charge in [-0.3, -0.25) is 4.79 Å². The molecular weight excluding hydrogens is 674 g/mol. The Kier molecular flexibility index (Phi) is 12.5. The highest BCUT2D eigenvalue weighted by Gasteiger charge is 2.31. The number of rotatable bonds is 13. The van der Waals surface area contributed by atoms with Gasteiger partial charge in [-0.15, -0.1) is 6.58 Å². The second-order valence-electron chi connectivity index (χ2n) is 14.3. The number of amides is 3. The third kappa shape index (κ3) is 9.94. The lowest BCUT2D eigenvalue weighted by Crippen LogP contribution is -2.41. The molecule has 0 radical (unpaired) electrons. The number of anilines is 4. The molecule has 13 heteroatoms. The predicted octanol–water partition coefficient (Wildman–Crippen LogP) is 8.18. The zero-order valence-electron chi connectivity index (χ0n) is 32.2. The molecule has 4 rings (SSSR count). The molecule has 2 aromatic carbocycles. The molecule has 0 fully saturated rings. The van der Waals surface area contributed by atoms with Gasteiger partial charge in [-0.2, -0.15) is 0 Å². The van der Waals surface area contributed by atoms with Crippen LogP contribution in [0.3, 0.4) is 0 Å². The van der Waals surface area contributed by atoms with Gasteiger partial charge in [-0.25, -0.2) is 24.5 Å². The van der Waals surface area contributed by atoms with Gasteiger partial charge in [0.25, 0.3) is 0 Å². The van der Waals surface area contributed by atoms with Crippen LogP contribution in [-0.4, -0.2) is 82.5 Å². The van der Waals surface area contributed by atoms with Gasteiger partial charge in [0.05, 0.1) is 29.9 Å². The average molecular weight is 726 g/mol. The van der Waals surface area contributed by atoms with Crippen molar-refractivity contribution in [2.45, 2.75) is 66.2 Å². The molecule has 2 aromatic heterocycles. The molecule has 0 spiro atoms. The summed E-state index contributed by atoms with van der Waals surface area (Å²) in [5.41, 5.74) is 2.00. The number of carbonyl (C=O) groups excluding carboxylic acids is 3. The molecule has 0 aliphatic carbocycles. The first-order valence-electron chi connectivity index (χ1n) is 17.4. The minimum atomic E-state index is -0.877. The molecule has 1 N–H and O–H groups in total. The van der Waals surface area contributed by atoms with Crippen LogP contribution in [0.4, 0.5) is 32.6 Å². The van der Waals surface area contributed by atoms with Crippen LogP contribution < -0.4 is 19.9 Å². The molecule has 0 aliphatic rings. The summed E-state index contributed by atoms with van der Waals surface area (Å²) in [6, 6.07) is 13.0. The van der Waals surface area contributed by atoms with Crippen LogP contribution >= 0.6 is 0 Å². The standard InChI is InChI=1S/C40H51N7O6/c1-12-21-46-26-28(27-17-15-16-18-31(27)46)29-19-20-41-36(43-29)47(38(50)53-40(7,8)9)33-24-30(42-35(48)13-2)32(25-34(33)51-11)44(10)22-23-45(14-3)37(49)52-39(4,5)6/h12-13,15-20,24-26H,1-2,14,21-23H2,3-11H3,(H,42,48). The number of hydrogen-bond acceptors (Lipinski definition) is 9. The van der Waals surface area contributed by atoms with Crippen LogP contribution in [0.5, 0.6) is 5.75 Å². The largest absolute Gasteiger partial charge is 0.494 e. The third-order valence-corrected chi connectivity index (χ3v) is 7.94. The monoisotopic (exact) mass is 725 g/mol. The van der Waals surface area contributed by atoms with Crippen LogP contribution in [0, 0.1) is 0 Å². The fourth-order valence-electron chi connectivity index (χ4n) is 5.53. The van der Waals surface area contributed by atoms with Gasteiger partial charge >= 0.3 is 12.2 Å². The minimum Gasteiger partial charge on any atom is -0.494 e. The van der Waals surface area contributed by atoms with Crippen molar-refractivity contribution in [1.29, 1.82) is 0 Å². The summed E-state index contributed by atoms with van der Waals surface area (Å²) in [6.07, 6.45) is 5.35. The topological polar surface area (TPSA) is 131 Å². The quantitative estimate of drug-likeness (QED) is 0.107. The molecule has 0 bridgehead atoms. The van der Waals surface area contributed by atoms with E-state index in [1.807, 2.05) is 76.2 Å². The summed E-state index contributed by atoms with van der Waals surface area (Å²) in [4.78, 5) is 53.9. The molecule has 0 aliphatic heterocycles. The number of likely N-dealkylation sites (N-methyl/N-ethyl adjacent to an activating group) is 2. The Morgan fingerprint density at radius 2 is 1.62 bits per heavy atom. The number of hydrogen-bond donors (Lipinski definition) is 1. The number of para-hydroxylation sites is 1. The smallest absolute Gasteiger partial charge is 0.422 e. The van der Waals surface area contributed by atoms with Gasteiger partial charge in [-0.1, -0.05) is 30.9 Å². The molecule has 13 nitrogen and oxygen atoms in total. The fourth-order valence-corrected chi connectivity index (χ4v) is 5.53. The second kappa shape index (κ2) is 16.7. The van der Waals surface area contributed by atoms with Gasteiger partial charge in [0.2, 0.25) is 11.9 Å². The molecule has 2 heterocycles. The first-order valence-corrected chi connectivity index (χ1v) is 17.4. The van der Waals surface area contributed by atoms with E-state index < -0.39 is 29.3 Å². The summed E-state index contributed by atoms with van der Waals surface area (Å²) in [5.74, 6) is -0.184. The molecule has 0 saturated heterocycles. The number of methoxy groups -OCH3 is 1. The van der Waals surface area contributed by atoms with Gasteiger partial charge in [-0.05, 0) is 72.7 Å². The van der Waals surface area contributed by atoms with Crippen LogP contribution in [0.1, 0.15) is 48.5 Å². The molecular formula is C40H51N7O6. The SMILES string of the molecule is C=CCn1cc(-c2ccnc(N(C(=O)OC(C)(C)C)c3cc(NC(=O)C=C)c(N(C)CCN(CC)C(=O)OC(C)(C)C)cc3OC)n2)c2ccccc21. The van der Waals surface area contributed by atoms with Crippen molar-refractivity contribution in [3.8, 4) is 17.0 Å². The Balaban J connectivity index is 1.85. The van der Waals surface area contributed by atoms with E-state index in [-0.39, 0.29) is 17.4 Å². The Hall–Kier alpha value is -5.85. The molecule has 0 unspecified atom stereocenters. The van der Waals surface area contributed by atoms with E-state index in [2.05, 4.69) is 28.0 Å². The molecule has 0 saturated carbocycles. The lowest BCUT2D eigenvalue weighted by molar-refractivity contribution is -0.111. The minimum absolute atomic E-state index is 0.0219. The van der Waals surface area contributed by atoms with Crippen LogP contribution in [-0.2, 0) is 20.8 Å². The molecule has 53 heavy (non-hydrogen) atoms. The number of nitrogens with zero attached hydrogens (tertiary/aromatic N) is 6. The number of benzene rings is 2. The number of nitrogens with one attached hydrogen (secondary N) is 1. The number of ether oxygens (including phenoxy) is 3. The Morgan fingerprint density at radius 3 is 2.25 bits per heavy atom. The maximum Gasteiger partial charge on any atom is 0.422 e. The van der Waals surface area contributed by atoms with Gasteiger partial charge in [0, 0.05) is 68.2 Å². The summed E-state index contributed by atoms with van der Waals surface area (Å²) in [6.45, 7) is 21.8. The van der Waals surface area contributed by atoms with E-state index in [1.54, 1.807) is 50.1 Å². The van der Waals surface area contributed by atoms with Crippen molar-refractivity contribution < 1.29 is 28.6 Å². The number of carbonyl (C=O) groups is 3. The van der Waals surface area contributed by atoms with Crippen molar-refractivity contribution in [3.05, 3.63) is 80.2 Å². The Labute approximate surface area is 311 Å². The highest BCUT2D eigenvalue weighted by molar-refractivity contribution is 6.04. The van der Waals surface area contributed by atoms with Crippen LogP contribution in [0.15, 0.2) is 80.2 Å². The fraction of sp³-hybridized carbons (Fsp3) is 0.375. The zero-order valence-corrected chi connectivity index (χ0v) is 32.2. The molecule has 282 valence electrons. The lowest BCUT2D eigenvalue weighted by Gasteiger charge is -2.31. The number of fused-ring (bicyclic) bond motifs is 1. The van der Waals surface area contributed by atoms with E-state index in [9.17, 15) is 14.4 Å². The van der Waals surface area contributed by atoms with Crippen molar-refractivity contribution in [1.82, 2.24) is 19.4 Å². The van der Waals surface area contributed by atoms with E-state index >= 15 is 0 Å². The summed E-state index contributed by atoms with van der Waals surface area (Å²) in [5, 5.41) is 3.83. The third-order valence-electron chi connectivity index (χ3n) is 7.94. The average Bonchev–Trinajstić information content (AvgIpc) is 3.45. The van der Waals surface area contributed by atoms with E-state index in [4.69, 9.17) is 19.2 Å². The van der Waals surface area contributed by atoms with Gasteiger partial charge in [0.15, 0.2) is 0 Å². The maximum atomic E-state index is 14.1. The number of allylic oxidation sites excluding steroid dienone is 1. The lowest BCUT2D eigenvalue weighted by atomic mass is 10.1. The number of aromatic nitrogens is 3. The maximum absolute atomic E-state index is 14.1. The highest BCUT2D eigenvalue weighted by atomic mass is 16.6. The van der Waals surface area contributed by atoms with Crippen LogP contribution in [0.2, 0.25) is 0 Å². The second-order valence-corrected chi connectivity index (χ2v) is 14.3. The van der Waals surface area contributed by atoms with Crippen molar-refractivity contribution >= 4 is 52.0 Å². The summed E-state index contributed by atoms with van der Waals surface area (Å²) >= 11 is 0. The normalized spacial score (nSPS) is 11.4. The van der Waals surface area contributed by atoms with Crippen molar-refractivity contribution in [2.75, 3.05) is 48.9 Å². The Bertz CT molecular complexity index is 1970. The first kappa shape index (κ1) is 39.9. The van der Waals surface area contributed by atoms with E-state index in [0.29, 0.717) is 43.2 Å². The van der Waals surface area contributed by atoms with E-state index in [0.717, 1.165) is 22.5 Å². The molecule has 0 atom stereocenters. The first-order chi connectivity index (χ1) is 25.0. The van der Waals surface area contributed by atoms with Gasteiger partial charge in [0.1, 0.15) is 17.0 Å². The zero-order chi connectivity index (χ0) is 39.1. The highest BCUT2D eigenvalue weighted by Crippen LogP contribution is 2.42. The Morgan fingerprint density at radius 1 is 0.943 bits per heavy atom. The van der Waals surface area contributed by atoms with Crippen molar-refractivity contribution in [3.63, 3.8) is 0 Å². The van der Waals surface area contributed by atoms with Crippen LogP contribution in [0.25, 0.3) is 22.2 Å². The van der Waals surface area contributed by atoms with E-state index in [1.165, 1.54) is 12.0 Å².